The lowest BCUT2D eigenvalue weighted by molar-refractivity contribution is 0.475. The minimum atomic E-state index is 0.218. The molecule has 4 aromatic rings. The molecular formula is C18H14N4OS. The van der Waals surface area contributed by atoms with Crippen molar-refractivity contribution in [1.29, 1.82) is 0 Å². The van der Waals surface area contributed by atoms with Crippen LogP contribution in [-0.2, 0) is 6.54 Å². The molecule has 0 bridgehead atoms. The first-order valence-corrected chi connectivity index (χ1v) is 8.35. The maximum atomic E-state index is 9.59. The van der Waals surface area contributed by atoms with Gasteiger partial charge in [-0.1, -0.05) is 47.7 Å². The number of aromatic nitrogens is 4. The fourth-order valence-corrected chi connectivity index (χ4v) is 3.31. The topological polar surface area (TPSA) is 63.8 Å². The second-order valence-electron chi connectivity index (χ2n) is 5.34. The first-order valence-electron chi connectivity index (χ1n) is 7.47. The van der Waals surface area contributed by atoms with E-state index in [1.54, 1.807) is 34.2 Å². The molecule has 1 N–H and O–H groups in total. The van der Waals surface area contributed by atoms with E-state index in [-0.39, 0.29) is 5.75 Å². The molecule has 4 rings (SSSR count). The number of thiazole rings is 1. The van der Waals surface area contributed by atoms with Gasteiger partial charge in [0.1, 0.15) is 11.4 Å². The van der Waals surface area contributed by atoms with Gasteiger partial charge in [-0.05, 0) is 12.1 Å². The smallest absolute Gasteiger partial charge is 0.116 e. The molecular weight excluding hydrogens is 320 g/mol. The van der Waals surface area contributed by atoms with Crippen molar-refractivity contribution in [3.63, 3.8) is 0 Å². The van der Waals surface area contributed by atoms with Gasteiger partial charge in [0.05, 0.1) is 28.8 Å². The summed E-state index contributed by atoms with van der Waals surface area (Å²) < 4.78 is 1.79. The molecule has 2 aromatic heterocycles. The predicted molar refractivity (Wildman–Crippen MR) is 93.8 cm³/mol. The van der Waals surface area contributed by atoms with E-state index in [1.807, 2.05) is 36.0 Å². The van der Waals surface area contributed by atoms with E-state index in [0.717, 1.165) is 27.4 Å². The molecule has 0 amide bonds. The van der Waals surface area contributed by atoms with Crippen LogP contribution in [0.15, 0.2) is 66.3 Å². The van der Waals surface area contributed by atoms with Gasteiger partial charge < -0.3 is 5.11 Å². The van der Waals surface area contributed by atoms with Gasteiger partial charge in [-0.2, -0.15) is 0 Å². The SMILES string of the molecule is Oc1cccc(-c2cn(Cc3scnc3-c3ccccc3)nn2)c1. The quantitative estimate of drug-likeness (QED) is 0.616. The zero-order valence-electron chi connectivity index (χ0n) is 12.7. The second kappa shape index (κ2) is 6.25. The minimum absolute atomic E-state index is 0.218. The van der Waals surface area contributed by atoms with Crippen molar-refractivity contribution in [1.82, 2.24) is 20.0 Å². The van der Waals surface area contributed by atoms with E-state index in [0.29, 0.717) is 6.54 Å². The van der Waals surface area contributed by atoms with Gasteiger partial charge in [-0.15, -0.1) is 16.4 Å². The van der Waals surface area contributed by atoms with Crippen molar-refractivity contribution in [2.45, 2.75) is 6.54 Å². The lowest BCUT2D eigenvalue weighted by atomic mass is 10.1. The standard InChI is InChI=1S/C18H14N4OS/c23-15-8-4-7-14(9-15)16-10-22(21-20-16)11-17-18(19-12-24-17)13-5-2-1-3-6-13/h1-10,12,23H,11H2. The summed E-state index contributed by atoms with van der Waals surface area (Å²) >= 11 is 1.61. The van der Waals surface area contributed by atoms with Crippen LogP contribution in [0, 0.1) is 0 Å². The van der Waals surface area contributed by atoms with Crippen molar-refractivity contribution < 1.29 is 5.11 Å². The Morgan fingerprint density at radius 1 is 1.00 bits per heavy atom. The average Bonchev–Trinajstić information content (AvgIpc) is 3.26. The minimum Gasteiger partial charge on any atom is -0.508 e. The summed E-state index contributed by atoms with van der Waals surface area (Å²) in [5.74, 6) is 0.218. The van der Waals surface area contributed by atoms with Crippen LogP contribution in [-0.4, -0.2) is 25.1 Å². The molecule has 6 heteroatoms. The van der Waals surface area contributed by atoms with E-state index in [9.17, 15) is 5.11 Å². The molecule has 0 aliphatic heterocycles. The highest BCUT2D eigenvalue weighted by Crippen LogP contribution is 2.26. The van der Waals surface area contributed by atoms with Crippen molar-refractivity contribution in [2.75, 3.05) is 0 Å². The Labute approximate surface area is 142 Å². The number of benzene rings is 2. The van der Waals surface area contributed by atoms with Gasteiger partial charge in [0, 0.05) is 11.1 Å². The van der Waals surface area contributed by atoms with Gasteiger partial charge in [0.2, 0.25) is 0 Å². The van der Waals surface area contributed by atoms with Crippen molar-refractivity contribution in [3.8, 4) is 28.3 Å². The number of phenols is 1. The van der Waals surface area contributed by atoms with Crippen LogP contribution in [0.4, 0.5) is 0 Å². The molecule has 5 nitrogen and oxygen atoms in total. The van der Waals surface area contributed by atoms with Crippen LogP contribution in [0.5, 0.6) is 5.75 Å². The normalized spacial score (nSPS) is 10.8. The Bertz CT molecular complexity index is 962. The van der Waals surface area contributed by atoms with Gasteiger partial charge >= 0.3 is 0 Å². The first-order chi connectivity index (χ1) is 11.8. The van der Waals surface area contributed by atoms with Crippen LogP contribution in [0.1, 0.15) is 4.88 Å². The molecule has 0 saturated carbocycles. The molecule has 0 spiro atoms. The first kappa shape index (κ1) is 14.6. The largest absolute Gasteiger partial charge is 0.508 e. The van der Waals surface area contributed by atoms with E-state index < -0.39 is 0 Å². The summed E-state index contributed by atoms with van der Waals surface area (Å²) in [6.45, 7) is 0.612. The second-order valence-corrected chi connectivity index (χ2v) is 6.28. The van der Waals surface area contributed by atoms with E-state index >= 15 is 0 Å². The van der Waals surface area contributed by atoms with Gasteiger partial charge in [-0.3, -0.25) is 0 Å². The third-order valence-corrected chi connectivity index (χ3v) is 4.49. The van der Waals surface area contributed by atoms with Crippen LogP contribution < -0.4 is 0 Å². The van der Waals surface area contributed by atoms with E-state index in [1.165, 1.54) is 0 Å². The Balaban J connectivity index is 1.61. The third-order valence-electron chi connectivity index (χ3n) is 3.67. The van der Waals surface area contributed by atoms with Crippen molar-refractivity contribution in [2.24, 2.45) is 0 Å². The maximum Gasteiger partial charge on any atom is 0.116 e. The molecule has 2 aromatic carbocycles. The monoisotopic (exact) mass is 334 g/mol. The Morgan fingerprint density at radius 3 is 2.67 bits per heavy atom. The molecule has 0 fully saturated rings. The van der Waals surface area contributed by atoms with Crippen LogP contribution >= 0.6 is 11.3 Å². The Morgan fingerprint density at radius 2 is 1.83 bits per heavy atom. The molecule has 0 atom stereocenters. The number of phenolic OH excluding ortho intramolecular Hbond substituents is 1. The number of hydrogen-bond acceptors (Lipinski definition) is 5. The maximum absolute atomic E-state index is 9.59. The van der Waals surface area contributed by atoms with Crippen LogP contribution in [0.2, 0.25) is 0 Å². The lowest BCUT2D eigenvalue weighted by Gasteiger charge is -2.02. The molecule has 24 heavy (non-hydrogen) atoms. The van der Waals surface area contributed by atoms with Crippen LogP contribution in [0.3, 0.4) is 0 Å². The lowest BCUT2D eigenvalue weighted by Crippen LogP contribution is -2.00. The summed E-state index contributed by atoms with van der Waals surface area (Å²) in [6, 6.07) is 17.1. The number of hydrogen-bond donors (Lipinski definition) is 1. The molecule has 0 saturated heterocycles. The highest BCUT2D eigenvalue weighted by Gasteiger charge is 2.11. The molecule has 0 aliphatic carbocycles. The number of aromatic hydroxyl groups is 1. The average molecular weight is 334 g/mol. The highest BCUT2D eigenvalue weighted by molar-refractivity contribution is 7.10. The zero-order valence-corrected chi connectivity index (χ0v) is 13.5. The molecule has 0 unspecified atom stereocenters. The number of rotatable bonds is 4. The molecule has 118 valence electrons. The molecule has 0 radical (unpaired) electrons. The fourth-order valence-electron chi connectivity index (χ4n) is 2.53. The zero-order chi connectivity index (χ0) is 16.4. The fraction of sp³-hybridized carbons (Fsp3) is 0.0556. The van der Waals surface area contributed by atoms with Crippen molar-refractivity contribution >= 4 is 11.3 Å². The highest BCUT2D eigenvalue weighted by atomic mass is 32.1. The van der Waals surface area contributed by atoms with E-state index in [2.05, 4.69) is 27.4 Å². The van der Waals surface area contributed by atoms with Crippen LogP contribution in [0.25, 0.3) is 22.5 Å². The molecule has 0 aliphatic rings. The summed E-state index contributed by atoms with van der Waals surface area (Å²) in [6.07, 6.45) is 1.88. The summed E-state index contributed by atoms with van der Waals surface area (Å²) in [7, 11) is 0. The summed E-state index contributed by atoms with van der Waals surface area (Å²) in [5.41, 5.74) is 5.51. The third kappa shape index (κ3) is 2.91. The number of nitrogens with zero attached hydrogens (tertiary/aromatic N) is 4. The Hall–Kier alpha value is -2.99. The van der Waals surface area contributed by atoms with Gasteiger partial charge in [0.15, 0.2) is 0 Å². The summed E-state index contributed by atoms with van der Waals surface area (Å²) in [4.78, 5) is 5.62. The van der Waals surface area contributed by atoms with Crippen molar-refractivity contribution in [3.05, 3.63) is 71.2 Å². The predicted octanol–water partition coefficient (Wildman–Crippen LogP) is 3.82. The van der Waals surface area contributed by atoms with Gasteiger partial charge in [-0.25, -0.2) is 9.67 Å². The Kier molecular flexibility index (Phi) is 3.80. The van der Waals surface area contributed by atoms with E-state index in [4.69, 9.17) is 0 Å². The van der Waals surface area contributed by atoms with Gasteiger partial charge in [0.25, 0.3) is 0 Å². The molecule has 2 heterocycles. The summed E-state index contributed by atoms with van der Waals surface area (Å²) in [5, 5.41) is 18.0.